The van der Waals surface area contributed by atoms with Crippen LogP contribution in [0, 0.1) is 23.7 Å². The minimum absolute atomic E-state index is 0.488. The van der Waals surface area contributed by atoms with Crippen molar-refractivity contribution < 1.29 is 0 Å². The third-order valence-corrected chi connectivity index (χ3v) is 5.96. The lowest BCUT2D eigenvalue weighted by molar-refractivity contribution is 0.456. The van der Waals surface area contributed by atoms with Crippen LogP contribution in [-0.2, 0) is 0 Å². The van der Waals surface area contributed by atoms with E-state index >= 15 is 0 Å². The van der Waals surface area contributed by atoms with Crippen LogP contribution in [0.2, 0.25) is 5.15 Å². The van der Waals surface area contributed by atoms with Crippen molar-refractivity contribution in [2.24, 2.45) is 23.7 Å². The molecule has 0 amide bonds. The molecule has 3 aliphatic rings. The molecule has 2 bridgehead atoms. The fourth-order valence-corrected chi connectivity index (χ4v) is 5.06. The third-order valence-electron chi connectivity index (χ3n) is 5.68. The van der Waals surface area contributed by atoms with Crippen LogP contribution >= 0.6 is 11.6 Å². The number of hydrogen-bond donors (Lipinski definition) is 1. The first-order valence-corrected chi connectivity index (χ1v) is 7.88. The molecular formula is C16H16ClN3. The lowest BCUT2D eigenvalue weighted by Crippen LogP contribution is -2.14. The molecule has 2 aromatic rings. The summed E-state index contributed by atoms with van der Waals surface area (Å²) in [6.45, 7) is 0. The highest BCUT2D eigenvalue weighted by molar-refractivity contribution is 6.34. The number of nitrogens with one attached hydrogen (secondary N) is 1. The molecule has 1 N–H and O–H groups in total. The molecule has 0 aliphatic heterocycles. The van der Waals surface area contributed by atoms with Gasteiger partial charge in [-0.25, -0.2) is 0 Å². The molecule has 20 heavy (non-hydrogen) atoms. The smallest absolute Gasteiger partial charge is 0.159 e. The molecule has 4 heteroatoms. The SMILES string of the molecule is Clc1nnc(NC2C3C4CCC(C4)C23)c2ccccc12. The molecule has 5 rings (SSSR count). The van der Waals surface area contributed by atoms with Gasteiger partial charge in [-0.2, -0.15) is 0 Å². The predicted molar refractivity (Wildman–Crippen MR) is 79.8 cm³/mol. The summed E-state index contributed by atoms with van der Waals surface area (Å²) in [4.78, 5) is 0. The summed E-state index contributed by atoms with van der Waals surface area (Å²) in [6, 6.07) is 8.73. The van der Waals surface area contributed by atoms with E-state index in [9.17, 15) is 0 Å². The molecule has 4 atom stereocenters. The fourth-order valence-electron chi connectivity index (χ4n) is 4.85. The van der Waals surface area contributed by atoms with Crippen LogP contribution in [0.4, 0.5) is 5.82 Å². The number of nitrogens with zero attached hydrogens (tertiary/aromatic N) is 2. The van der Waals surface area contributed by atoms with E-state index in [1.54, 1.807) is 0 Å². The molecule has 3 aliphatic carbocycles. The number of rotatable bonds is 2. The van der Waals surface area contributed by atoms with Crippen molar-refractivity contribution in [2.75, 3.05) is 5.32 Å². The van der Waals surface area contributed by atoms with Crippen LogP contribution in [0.25, 0.3) is 10.8 Å². The first-order valence-electron chi connectivity index (χ1n) is 7.50. The second-order valence-corrected chi connectivity index (χ2v) is 6.90. The summed E-state index contributed by atoms with van der Waals surface area (Å²) in [5, 5.41) is 14.6. The topological polar surface area (TPSA) is 37.8 Å². The van der Waals surface area contributed by atoms with Gasteiger partial charge < -0.3 is 5.32 Å². The first-order chi connectivity index (χ1) is 9.83. The zero-order valence-electron chi connectivity index (χ0n) is 11.1. The molecule has 1 aromatic heterocycles. The Balaban J connectivity index is 1.50. The molecule has 102 valence electrons. The summed E-state index contributed by atoms with van der Waals surface area (Å²) in [7, 11) is 0. The molecule has 0 spiro atoms. The zero-order valence-corrected chi connectivity index (χ0v) is 11.8. The van der Waals surface area contributed by atoms with E-state index in [-0.39, 0.29) is 0 Å². The van der Waals surface area contributed by atoms with Crippen molar-refractivity contribution in [1.29, 1.82) is 0 Å². The van der Waals surface area contributed by atoms with Gasteiger partial charge in [-0.3, -0.25) is 0 Å². The fraction of sp³-hybridized carbons (Fsp3) is 0.500. The number of benzene rings is 1. The number of fused-ring (bicyclic) bond motifs is 6. The van der Waals surface area contributed by atoms with Crippen LogP contribution < -0.4 is 5.32 Å². The van der Waals surface area contributed by atoms with Gasteiger partial charge in [-0.05, 0) is 42.9 Å². The van der Waals surface area contributed by atoms with E-state index in [1.807, 2.05) is 18.2 Å². The molecular weight excluding hydrogens is 270 g/mol. The van der Waals surface area contributed by atoms with E-state index in [2.05, 4.69) is 21.6 Å². The average molecular weight is 286 g/mol. The highest BCUT2D eigenvalue weighted by Crippen LogP contribution is 2.66. The zero-order chi connectivity index (χ0) is 13.3. The average Bonchev–Trinajstić information content (AvgIpc) is 2.86. The van der Waals surface area contributed by atoms with E-state index in [1.165, 1.54) is 19.3 Å². The van der Waals surface area contributed by atoms with Crippen molar-refractivity contribution in [3.63, 3.8) is 0 Å². The Kier molecular flexibility index (Phi) is 2.18. The summed E-state index contributed by atoms with van der Waals surface area (Å²) in [6.07, 6.45) is 4.36. The van der Waals surface area contributed by atoms with E-state index < -0.39 is 0 Å². The molecule has 0 radical (unpaired) electrons. The predicted octanol–water partition coefficient (Wildman–Crippen LogP) is 3.74. The maximum absolute atomic E-state index is 6.13. The standard InChI is InChI=1S/C16H16ClN3/c17-15-10-3-1-2-4-11(10)16(20-19-15)18-14-12-8-5-6-9(7-8)13(12)14/h1-4,8-9,12-14H,5-7H2,(H,18,20). The van der Waals surface area contributed by atoms with Gasteiger partial charge in [0.25, 0.3) is 0 Å². The van der Waals surface area contributed by atoms with Gasteiger partial charge in [0, 0.05) is 16.8 Å². The van der Waals surface area contributed by atoms with Gasteiger partial charge in [0.2, 0.25) is 0 Å². The number of halogens is 1. The summed E-state index contributed by atoms with van der Waals surface area (Å²) in [5.74, 6) is 4.63. The van der Waals surface area contributed by atoms with E-state index in [0.717, 1.165) is 40.3 Å². The Bertz CT molecular complexity index is 685. The minimum Gasteiger partial charge on any atom is -0.365 e. The van der Waals surface area contributed by atoms with Crippen LogP contribution in [0.1, 0.15) is 19.3 Å². The minimum atomic E-state index is 0.488. The largest absolute Gasteiger partial charge is 0.365 e. The van der Waals surface area contributed by atoms with Crippen molar-refractivity contribution in [3.05, 3.63) is 29.4 Å². The molecule has 1 aromatic carbocycles. The Morgan fingerprint density at radius 3 is 2.45 bits per heavy atom. The van der Waals surface area contributed by atoms with Gasteiger partial charge in [-0.1, -0.05) is 35.9 Å². The van der Waals surface area contributed by atoms with Crippen molar-refractivity contribution in [3.8, 4) is 0 Å². The van der Waals surface area contributed by atoms with Gasteiger partial charge in [0.1, 0.15) is 0 Å². The number of aromatic nitrogens is 2. The summed E-state index contributed by atoms with van der Waals surface area (Å²) in [5.41, 5.74) is 0. The molecule has 0 saturated heterocycles. The molecule has 3 saturated carbocycles. The Morgan fingerprint density at radius 2 is 1.70 bits per heavy atom. The van der Waals surface area contributed by atoms with E-state index in [4.69, 9.17) is 11.6 Å². The van der Waals surface area contributed by atoms with Crippen molar-refractivity contribution in [2.45, 2.75) is 25.3 Å². The van der Waals surface area contributed by atoms with Crippen LogP contribution in [0.3, 0.4) is 0 Å². The highest BCUT2D eigenvalue weighted by Gasteiger charge is 2.65. The van der Waals surface area contributed by atoms with Crippen LogP contribution in [0.5, 0.6) is 0 Å². The molecule has 3 fully saturated rings. The first kappa shape index (κ1) is 11.3. The van der Waals surface area contributed by atoms with E-state index in [0.29, 0.717) is 11.2 Å². The van der Waals surface area contributed by atoms with Crippen molar-refractivity contribution >= 4 is 28.2 Å². The Morgan fingerprint density at radius 1 is 1.00 bits per heavy atom. The van der Waals surface area contributed by atoms with Gasteiger partial charge in [0.15, 0.2) is 11.0 Å². The lowest BCUT2D eigenvalue weighted by atomic mass is 10.0. The summed E-state index contributed by atoms with van der Waals surface area (Å²) < 4.78 is 0. The van der Waals surface area contributed by atoms with Crippen molar-refractivity contribution in [1.82, 2.24) is 10.2 Å². The molecule has 4 unspecified atom stereocenters. The quantitative estimate of drug-likeness (QED) is 0.913. The molecule has 1 heterocycles. The second kappa shape index (κ2) is 3.85. The third kappa shape index (κ3) is 1.42. The monoisotopic (exact) mass is 285 g/mol. The molecule has 3 nitrogen and oxygen atoms in total. The maximum Gasteiger partial charge on any atom is 0.159 e. The lowest BCUT2D eigenvalue weighted by Gasteiger charge is -2.12. The van der Waals surface area contributed by atoms with Crippen LogP contribution in [-0.4, -0.2) is 16.2 Å². The number of hydrogen-bond acceptors (Lipinski definition) is 3. The van der Waals surface area contributed by atoms with Gasteiger partial charge >= 0.3 is 0 Å². The Hall–Kier alpha value is -1.35. The number of anilines is 1. The normalized spacial score (nSPS) is 37.1. The maximum atomic E-state index is 6.13. The highest BCUT2D eigenvalue weighted by atomic mass is 35.5. The van der Waals surface area contributed by atoms with Gasteiger partial charge in [0.05, 0.1) is 0 Å². The summed E-state index contributed by atoms with van der Waals surface area (Å²) >= 11 is 6.13. The van der Waals surface area contributed by atoms with Gasteiger partial charge in [-0.15, -0.1) is 10.2 Å². The Labute approximate surface area is 122 Å². The van der Waals surface area contributed by atoms with Crippen LogP contribution in [0.15, 0.2) is 24.3 Å². The second-order valence-electron chi connectivity index (χ2n) is 6.54.